The molecular formula is C11H19N3O5S. The number of β-lactam (4-membered cyclic amide) rings is 1. The standard InChI is InChI=1S/C11H19N3O5S/c1-7(15)8(9(12)16)13-6-11(10(13)17)4-3-5-14(11)20(2,18)19/h7-8,15H,3-6H2,1-2H3,(H2,12,16)/t7-,8+,11+/m1/s1. The Morgan fingerprint density at radius 2 is 2.10 bits per heavy atom. The van der Waals surface area contributed by atoms with Crippen molar-refractivity contribution in [3.63, 3.8) is 0 Å². The van der Waals surface area contributed by atoms with Crippen molar-refractivity contribution >= 4 is 21.8 Å². The van der Waals surface area contributed by atoms with Crippen LogP contribution in [0.1, 0.15) is 19.8 Å². The number of rotatable bonds is 4. The molecule has 3 N–H and O–H groups in total. The minimum atomic E-state index is -3.49. The first kappa shape index (κ1) is 15.2. The van der Waals surface area contributed by atoms with Crippen LogP contribution in [0.2, 0.25) is 0 Å². The Labute approximate surface area is 117 Å². The largest absolute Gasteiger partial charge is 0.391 e. The van der Waals surface area contributed by atoms with Gasteiger partial charge in [-0.05, 0) is 19.8 Å². The lowest BCUT2D eigenvalue weighted by molar-refractivity contribution is -0.167. The highest BCUT2D eigenvalue weighted by atomic mass is 32.2. The van der Waals surface area contributed by atoms with Crippen molar-refractivity contribution in [2.24, 2.45) is 5.73 Å². The number of hydrogen-bond acceptors (Lipinski definition) is 5. The highest BCUT2D eigenvalue weighted by Crippen LogP contribution is 2.41. The van der Waals surface area contributed by atoms with Crippen molar-refractivity contribution in [3.05, 3.63) is 0 Å². The van der Waals surface area contributed by atoms with E-state index in [0.29, 0.717) is 19.4 Å². The van der Waals surface area contributed by atoms with Gasteiger partial charge in [-0.15, -0.1) is 0 Å². The van der Waals surface area contributed by atoms with Crippen LogP contribution in [0.4, 0.5) is 0 Å². The molecule has 3 atom stereocenters. The minimum Gasteiger partial charge on any atom is -0.391 e. The Bertz CT molecular complexity index is 546. The monoisotopic (exact) mass is 305 g/mol. The van der Waals surface area contributed by atoms with Gasteiger partial charge in [0.15, 0.2) is 0 Å². The highest BCUT2D eigenvalue weighted by molar-refractivity contribution is 7.88. The summed E-state index contributed by atoms with van der Waals surface area (Å²) < 4.78 is 24.7. The molecule has 2 fully saturated rings. The second kappa shape index (κ2) is 4.68. The van der Waals surface area contributed by atoms with Gasteiger partial charge in [0, 0.05) is 6.54 Å². The molecule has 0 saturated carbocycles. The fourth-order valence-electron chi connectivity index (χ4n) is 3.18. The molecule has 2 amide bonds. The van der Waals surface area contributed by atoms with Gasteiger partial charge in [-0.3, -0.25) is 9.59 Å². The van der Waals surface area contributed by atoms with Crippen LogP contribution >= 0.6 is 0 Å². The molecule has 2 aliphatic rings. The molecule has 114 valence electrons. The van der Waals surface area contributed by atoms with Crippen molar-refractivity contribution < 1.29 is 23.1 Å². The Kier molecular flexibility index (Phi) is 3.55. The van der Waals surface area contributed by atoms with Gasteiger partial charge in [0.05, 0.1) is 18.9 Å². The average molecular weight is 305 g/mol. The molecule has 0 aromatic rings. The Hall–Kier alpha value is -1.19. The van der Waals surface area contributed by atoms with Crippen LogP contribution in [0.15, 0.2) is 0 Å². The molecule has 2 saturated heterocycles. The molecule has 1 spiro atoms. The third-order valence-electron chi connectivity index (χ3n) is 4.00. The number of primary amides is 1. The summed E-state index contributed by atoms with van der Waals surface area (Å²) >= 11 is 0. The van der Waals surface area contributed by atoms with Crippen LogP contribution in [0, 0.1) is 0 Å². The summed E-state index contributed by atoms with van der Waals surface area (Å²) in [6, 6.07) is -1.12. The number of aliphatic hydroxyl groups excluding tert-OH is 1. The van der Waals surface area contributed by atoms with Crippen molar-refractivity contribution in [1.29, 1.82) is 0 Å². The van der Waals surface area contributed by atoms with E-state index >= 15 is 0 Å². The van der Waals surface area contributed by atoms with E-state index in [2.05, 4.69) is 0 Å². The Balaban J connectivity index is 2.25. The lowest BCUT2D eigenvalue weighted by atomic mass is 9.84. The Morgan fingerprint density at radius 1 is 1.50 bits per heavy atom. The molecule has 9 heteroatoms. The molecule has 2 aliphatic heterocycles. The number of likely N-dealkylation sites (tertiary alicyclic amines) is 1. The number of sulfonamides is 1. The third-order valence-corrected chi connectivity index (χ3v) is 5.34. The summed E-state index contributed by atoms with van der Waals surface area (Å²) in [7, 11) is -3.49. The number of nitrogens with zero attached hydrogens (tertiary/aromatic N) is 2. The zero-order valence-corrected chi connectivity index (χ0v) is 12.3. The van der Waals surface area contributed by atoms with E-state index in [4.69, 9.17) is 5.73 Å². The molecule has 8 nitrogen and oxygen atoms in total. The summed E-state index contributed by atoms with van der Waals surface area (Å²) in [5.74, 6) is -1.25. The van der Waals surface area contributed by atoms with Crippen molar-refractivity contribution in [2.45, 2.75) is 37.5 Å². The highest BCUT2D eigenvalue weighted by Gasteiger charge is 2.63. The predicted molar refractivity (Wildman–Crippen MR) is 69.9 cm³/mol. The third kappa shape index (κ3) is 2.09. The van der Waals surface area contributed by atoms with E-state index in [1.807, 2.05) is 0 Å². The van der Waals surface area contributed by atoms with Crippen LogP contribution in [-0.2, 0) is 19.6 Å². The maximum absolute atomic E-state index is 12.4. The first-order valence-electron chi connectivity index (χ1n) is 6.37. The Morgan fingerprint density at radius 3 is 2.50 bits per heavy atom. The van der Waals surface area contributed by atoms with Gasteiger partial charge >= 0.3 is 0 Å². The van der Waals surface area contributed by atoms with E-state index in [-0.39, 0.29) is 6.54 Å². The van der Waals surface area contributed by atoms with E-state index in [9.17, 15) is 23.1 Å². The number of hydrogen-bond donors (Lipinski definition) is 2. The topological polar surface area (TPSA) is 121 Å². The lowest BCUT2D eigenvalue weighted by Gasteiger charge is -2.52. The summed E-state index contributed by atoms with van der Waals surface area (Å²) in [6.07, 6.45) is 1.00. The van der Waals surface area contributed by atoms with Crippen molar-refractivity contribution in [1.82, 2.24) is 9.21 Å². The second-order valence-corrected chi connectivity index (χ2v) is 7.40. The fourth-order valence-corrected chi connectivity index (χ4v) is 4.51. The van der Waals surface area contributed by atoms with Gasteiger partial charge in [0.2, 0.25) is 21.8 Å². The molecule has 2 rings (SSSR count). The number of carbonyl (C=O) groups excluding carboxylic acids is 2. The van der Waals surface area contributed by atoms with Crippen molar-refractivity contribution in [2.75, 3.05) is 19.3 Å². The molecule has 20 heavy (non-hydrogen) atoms. The van der Waals surface area contributed by atoms with Gasteiger partial charge in [-0.25, -0.2) is 8.42 Å². The van der Waals surface area contributed by atoms with Crippen LogP contribution in [0.25, 0.3) is 0 Å². The van der Waals surface area contributed by atoms with Crippen LogP contribution in [0.3, 0.4) is 0 Å². The van der Waals surface area contributed by atoms with Crippen LogP contribution in [-0.4, -0.2) is 71.6 Å². The lowest BCUT2D eigenvalue weighted by Crippen LogP contribution is -2.76. The summed E-state index contributed by atoms with van der Waals surface area (Å²) in [5, 5.41) is 9.57. The maximum atomic E-state index is 12.4. The van der Waals surface area contributed by atoms with E-state index in [1.54, 1.807) is 0 Å². The fraction of sp³-hybridized carbons (Fsp3) is 0.818. The number of nitrogens with two attached hydrogens (primary N) is 1. The second-order valence-electron chi connectivity index (χ2n) is 5.49. The van der Waals surface area contributed by atoms with Crippen LogP contribution in [0.5, 0.6) is 0 Å². The zero-order chi connectivity index (χ0) is 15.3. The average Bonchev–Trinajstić information content (AvgIpc) is 2.73. The number of aliphatic hydroxyl groups is 1. The quantitative estimate of drug-likeness (QED) is 0.574. The van der Waals surface area contributed by atoms with Crippen molar-refractivity contribution in [3.8, 4) is 0 Å². The maximum Gasteiger partial charge on any atom is 0.246 e. The van der Waals surface area contributed by atoms with E-state index in [1.165, 1.54) is 11.2 Å². The molecule has 0 aromatic heterocycles. The minimum absolute atomic E-state index is 0.0947. The molecule has 0 aliphatic carbocycles. The molecular weight excluding hydrogens is 286 g/mol. The van der Waals surface area contributed by atoms with Gasteiger partial charge < -0.3 is 15.7 Å². The SMILES string of the molecule is C[C@@H](O)[C@@H](C(N)=O)N1C[C@@]2(CCCN2S(C)(=O)=O)C1=O. The van der Waals surface area contributed by atoms with Gasteiger partial charge in [-0.2, -0.15) is 4.31 Å². The molecule has 0 aromatic carbocycles. The molecule has 0 bridgehead atoms. The number of amides is 2. The smallest absolute Gasteiger partial charge is 0.246 e. The summed E-state index contributed by atoms with van der Waals surface area (Å²) in [5.41, 5.74) is 4.11. The normalized spacial score (nSPS) is 30.4. The van der Waals surface area contributed by atoms with E-state index in [0.717, 1.165) is 11.2 Å². The molecule has 0 radical (unpaired) electrons. The molecule has 2 heterocycles. The summed E-state index contributed by atoms with van der Waals surface area (Å²) in [6.45, 7) is 1.77. The van der Waals surface area contributed by atoms with Gasteiger partial charge in [0.25, 0.3) is 0 Å². The molecule has 0 unspecified atom stereocenters. The number of carbonyl (C=O) groups is 2. The first-order chi connectivity index (χ1) is 9.11. The zero-order valence-electron chi connectivity index (χ0n) is 11.4. The van der Waals surface area contributed by atoms with E-state index < -0.39 is 39.5 Å². The predicted octanol–water partition coefficient (Wildman–Crippen LogP) is -2.14. The first-order valence-corrected chi connectivity index (χ1v) is 8.22. The van der Waals surface area contributed by atoms with Gasteiger partial charge in [-0.1, -0.05) is 0 Å². The van der Waals surface area contributed by atoms with Crippen LogP contribution < -0.4 is 5.73 Å². The summed E-state index contributed by atoms with van der Waals surface area (Å²) in [4.78, 5) is 24.9. The van der Waals surface area contributed by atoms with Gasteiger partial charge in [0.1, 0.15) is 11.6 Å².